The van der Waals surface area contributed by atoms with E-state index in [1.165, 1.54) is 0 Å². The Morgan fingerprint density at radius 1 is 0.692 bits per heavy atom. The molecule has 1 rings (SSSR count). The van der Waals surface area contributed by atoms with Crippen molar-refractivity contribution in [3.63, 3.8) is 0 Å². The highest BCUT2D eigenvalue weighted by Gasteiger charge is 2.78. The minimum atomic E-state index is -6.61. The van der Waals surface area contributed by atoms with E-state index < -0.39 is 24.3 Å². The Morgan fingerprint density at radius 3 is 1.15 bits per heavy atom. The molecule has 1 aliphatic heterocycles. The monoisotopic (exact) mass is 250 g/mol. The summed E-state index contributed by atoms with van der Waals surface area (Å²) in [7, 11) is -18.3. The van der Waals surface area contributed by atoms with E-state index in [0.717, 1.165) is 12.2 Å². The van der Waals surface area contributed by atoms with Crippen molar-refractivity contribution in [3.05, 3.63) is 23.6 Å². The summed E-state index contributed by atoms with van der Waals surface area (Å²) in [5.41, 5.74) is 0.733. The Kier molecular flexibility index (Phi) is 2.37. The number of halogens is 6. The number of hydrogen-bond donors (Lipinski definition) is 0. The largest absolute Gasteiger partial charge is 0.598 e. The maximum Gasteiger partial charge on any atom is 0.598 e. The van der Waals surface area contributed by atoms with Gasteiger partial charge in [0, 0.05) is 0 Å². The minimum absolute atomic E-state index is 0.367. The third-order valence-electron chi connectivity index (χ3n) is 1.77. The fourth-order valence-corrected chi connectivity index (χ4v) is 10.3. The van der Waals surface area contributed by atoms with Gasteiger partial charge in [-0.3, -0.25) is 0 Å². The Balaban J connectivity index is 3.19. The van der Waals surface area contributed by atoms with Crippen LogP contribution in [0.3, 0.4) is 0 Å². The van der Waals surface area contributed by atoms with Crippen LogP contribution in [0.5, 0.6) is 0 Å². The van der Waals surface area contributed by atoms with Gasteiger partial charge < -0.3 is 0 Å². The highest BCUT2D eigenvalue weighted by atomic mass is 29.7. The van der Waals surface area contributed by atoms with Gasteiger partial charge in [-0.15, -0.1) is 0 Å². The minimum Gasteiger partial charge on any atom is -0.240 e. The van der Waals surface area contributed by atoms with E-state index in [0.29, 0.717) is 11.4 Å². The van der Waals surface area contributed by atoms with Gasteiger partial charge in [-0.2, -0.15) is 0 Å². The van der Waals surface area contributed by atoms with Crippen LogP contribution in [0.25, 0.3) is 0 Å². The lowest BCUT2D eigenvalue weighted by Crippen LogP contribution is -2.66. The summed E-state index contributed by atoms with van der Waals surface area (Å²) in [5, 5.41) is 0. The third kappa shape index (κ3) is 1.55. The second kappa shape index (κ2) is 2.85. The van der Waals surface area contributed by atoms with Gasteiger partial charge in [0.05, 0.1) is 0 Å². The smallest absolute Gasteiger partial charge is 0.240 e. The van der Waals surface area contributed by atoms with Gasteiger partial charge in [0.2, 0.25) is 0 Å². The van der Waals surface area contributed by atoms with Gasteiger partial charge in [-0.1, -0.05) is 23.6 Å². The Morgan fingerprint density at radius 2 is 1.00 bits per heavy atom. The van der Waals surface area contributed by atoms with E-state index in [-0.39, 0.29) is 0 Å². The first-order valence-corrected chi connectivity index (χ1v) is 10.6. The lowest BCUT2D eigenvalue weighted by molar-refractivity contribution is 0.491. The molecule has 0 amide bonds. The van der Waals surface area contributed by atoms with Crippen LogP contribution < -0.4 is 0 Å². The molecule has 0 aliphatic carbocycles. The summed E-state index contributed by atoms with van der Waals surface area (Å²) in [6.07, 6.45) is 1.74. The van der Waals surface area contributed by atoms with Crippen LogP contribution in [-0.2, 0) is 0 Å². The van der Waals surface area contributed by atoms with Crippen LogP contribution in [0.4, 0.5) is 24.6 Å². The summed E-state index contributed by atoms with van der Waals surface area (Å²) in [6.45, 7) is 0. The molecule has 0 saturated carbocycles. The molecule has 0 saturated heterocycles. The molecule has 0 aromatic heterocycles. The van der Waals surface area contributed by atoms with Crippen LogP contribution in [0.1, 0.15) is 0 Å². The predicted octanol–water partition coefficient (Wildman–Crippen LogP) is 2.49. The van der Waals surface area contributed by atoms with Gasteiger partial charge in [0.25, 0.3) is 0 Å². The van der Waals surface area contributed by atoms with Gasteiger partial charge in [-0.25, -0.2) is 24.6 Å². The zero-order valence-corrected chi connectivity index (χ0v) is 9.08. The van der Waals surface area contributed by atoms with E-state index in [2.05, 4.69) is 0 Å². The van der Waals surface area contributed by atoms with Crippen LogP contribution >= 0.6 is 0 Å². The van der Waals surface area contributed by atoms with Gasteiger partial charge in [0.15, 0.2) is 0 Å². The van der Waals surface area contributed by atoms with E-state index in [1.807, 2.05) is 0 Å². The van der Waals surface area contributed by atoms with Crippen LogP contribution in [-0.4, -0.2) is 24.3 Å². The summed E-state index contributed by atoms with van der Waals surface area (Å²) in [5.74, 6) is 0. The molecule has 9 heteroatoms. The van der Waals surface area contributed by atoms with Crippen molar-refractivity contribution in [2.24, 2.45) is 0 Å². The molecule has 13 heavy (non-hydrogen) atoms. The molecule has 1 aliphatic rings. The number of hydrogen-bond acceptors (Lipinski definition) is 0. The van der Waals surface area contributed by atoms with Crippen LogP contribution in [0.15, 0.2) is 23.6 Å². The zero-order valence-electron chi connectivity index (χ0n) is 6.08. The maximum absolute atomic E-state index is 12.3. The van der Waals surface area contributed by atoms with Crippen molar-refractivity contribution in [1.82, 2.24) is 0 Å². The van der Waals surface area contributed by atoms with Crippen LogP contribution in [0.2, 0.25) is 0 Å². The average Bonchev–Trinajstić information content (AvgIpc) is 2.28. The second-order valence-electron chi connectivity index (χ2n) is 2.58. The van der Waals surface area contributed by atoms with Crippen molar-refractivity contribution in [2.45, 2.75) is 0 Å². The lowest BCUT2D eigenvalue weighted by atomic mass is 10.6. The summed E-state index contributed by atoms with van der Waals surface area (Å²) >= 11 is 0. The first-order chi connectivity index (χ1) is 5.71. The molecule has 0 bridgehead atoms. The standard InChI is InChI=1S/C4H4F6Si3/c5-12(6,7)11(13(8,9)10)3-1-2-4-11/h1-4H. The molecule has 0 nitrogen and oxygen atoms in total. The van der Waals surface area contributed by atoms with Crippen molar-refractivity contribution in [2.75, 3.05) is 0 Å². The van der Waals surface area contributed by atoms with Gasteiger partial charge in [0.1, 0.15) is 0 Å². The topological polar surface area (TPSA) is 0 Å². The predicted molar refractivity (Wildman–Crippen MR) is 42.2 cm³/mol. The van der Waals surface area contributed by atoms with Crippen molar-refractivity contribution < 1.29 is 24.6 Å². The molecule has 0 fully saturated rings. The Bertz CT molecular complexity index is 232. The van der Waals surface area contributed by atoms with Crippen molar-refractivity contribution >= 4 is 24.3 Å². The molecular weight excluding hydrogens is 246 g/mol. The first kappa shape index (κ1) is 10.8. The van der Waals surface area contributed by atoms with E-state index >= 15 is 0 Å². The molecule has 0 radical (unpaired) electrons. The normalized spacial score (nSPS) is 21.1. The van der Waals surface area contributed by atoms with Crippen LogP contribution in [0, 0.1) is 0 Å². The average molecular weight is 250 g/mol. The van der Waals surface area contributed by atoms with Gasteiger partial charge in [-0.05, 0) is 0 Å². The number of rotatable bonds is 2. The molecule has 0 atom stereocenters. The molecule has 0 spiro atoms. The van der Waals surface area contributed by atoms with Crippen molar-refractivity contribution in [1.29, 1.82) is 0 Å². The van der Waals surface area contributed by atoms with E-state index in [9.17, 15) is 24.6 Å². The zero-order chi connectivity index (χ0) is 10.3. The molecule has 0 aromatic rings. The fraction of sp³-hybridized carbons (Fsp3) is 0. The quantitative estimate of drug-likeness (QED) is 0.401. The summed E-state index contributed by atoms with van der Waals surface area (Å²) < 4.78 is 73.9. The molecule has 0 aromatic carbocycles. The van der Waals surface area contributed by atoms with E-state index in [4.69, 9.17) is 0 Å². The second-order valence-corrected chi connectivity index (χ2v) is 16.8. The Hall–Kier alpha value is -0.289. The molecule has 0 N–H and O–H groups in total. The Labute approximate surface area is 73.2 Å². The summed E-state index contributed by atoms with van der Waals surface area (Å²) in [4.78, 5) is 0. The number of allylic oxidation sites excluding steroid dienone is 2. The first-order valence-electron chi connectivity index (χ1n) is 3.21. The maximum atomic E-state index is 12.3. The third-order valence-corrected chi connectivity index (χ3v) is 17.8. The molecule has 1 heterocycles. The van der Waals surface area contributed by atoms with E-state index in [1.54, 1.807) is 0 Å². The van der Waals surface area contributed by atoms with Gasteiger partial charge >= 0.3 is 24.3 Å². The molecule has 0 unspecified atom stereocenters. The lowest BCUT2D eigenvalue weighted by Gasteiger charge is -2.22. The fourth-order valence-electron chi connectivity index (χ4n) is 1.01. The molecule has 74 valence electrons. The SMILES string of the molecule is F[Si](F)(F)[Si]1([Si](F)(F)F)C=CC=C1. The highest BCUT2D eigenvalue weighted by molar-refractivity contribution is 7.65. The highest BCUT2D eigenvalue weighted by Crippen LogP contribution is 2.38. The molecular formula is C4H4F6Si3. The summed E-state index contributed by atoms with van der Waals surface area (Å²) in [6, 6.07) is 0. The van der Waals surface area contributed by atoms with Crippen molar-refractivity contribution in [3.8, 4) is 0 Å².